The van der Waals surface area contributed by atoms with Crippen LogP contribution in [0.5, 0.6) is 0 Å². The van der Waals surface area contributed by atoms with E-state index in [1.54, 1.807) is 13.3 Å². The van der Waals surface area contributed by atoms with E-state index in [1.165, 1.54) is 11.1 Å². The molecule has 5 nitrogen and oxygen atoms in total. The number of hydrogen-bond donors (Lipinski definition) is 1. The molecule has 2 atom stereocenters. The van der Waals surface area contributed by atoms with Gasteiger partial charge < -0.3 is 10.1 Å². The molecule has 20 heavy (non-hydrogen) atoms. The first-order valence-electron chi connectivity index (χ1n) is 6.69. The van der Waals surface area contributed by atoms with Crippen molar-refractivity contribution in [1.82, 2.24) is 9.78 Å². The van der Waals surface area contributed by atoms with Gasteiger partial charge in [0.2, 0.25) is 0 Å². The monoisotopic (exact) mass is 317 g/mol. The molecule has 2 rings (SSSR count). The average Bonchev–Trinajstić information content (AvgIpc) is 2.91. The molecule has 7 heteroatoms. The smallest absolute Gasteiger partial charge is 0.287 e. The number of rotatable bonds is 6. The van der Waals surface area contributed by atoms with Gasteiger partial charge in [0, 0.05) is 18.4 Å². The number of halogens is 1. The molecule has 0 bridgehead atoms. The molecule has 1 aliphatic rings. The minimum Gasteiger partial charge on any atom is -0.383 e. The van der Waals surface area contributed by atoms with Gasteiger partial charge in [0.1, 0.15) is 5.02 Å². The van der Waals surface area contributed by atoms with Crippen LogP contribution in [0.2, 0.25) is 5.02 Å². The predicted octanol–water partition coefficient (Wildman–Crippen LogP) is 2.24. The first-order valence-corrected chi connectivity index (χ1v) is 8.36. The summed E-state index contributed by atoms with van der Waals surface area (Å²) in [6, 6.07) is 0.376. The lowest BCUT2D eigenvalue weighted by Crippen LogP contribution is -2.27. The maximum atomic E-state index is 12.1. The van der Waals surface area contributed by atoms with Crippen molar-refractivity contribution in [2.24, 2.45) is 0 Å². The molecule has 0 spiro atoms. The molecule has 1 heterocycles. The Morgan fingerprint density at radius 1 is 1.60 bits per heavy atom. The summed E-state index contributed by atoms with van der Waals surface area (Å²) >= 11 is 8.04. The standard InChI is InChI=1S/C13H20ClN3O2S/c1-19-6-5-17-13(18)12(14)11(8-15-17)16-9-3-4-10(7-9)20-2/h8-10,16H,3-7H2,1-2H3. The van der Waals surface area contributed by atoms with E-state index in [1.807, 2.05) is 11.8 Å². The molecule has 1 N–H and O–H groups in total. The molecule has 1 fully saturated rings. The van der Waals surface area contributed by atoms with Gasteiger partial charge in [-0.15, -0.1) is 0 Å². The van der Waals surface area contributed by atoms with Crippen LogP contribution < -0.4 is 10.9 Å². The lowest BCUT2D eigenvalue weighted by molar-refractivity contribution is 0.182. The first kappa shape index (κ1) is 15.7. The van der Waals surface area contributed by atoms with Gasteiger partial charge >= 0.3 is 0 Å². The molecular weight excluding hydrogens is 298 g/mol. The second kappa shape index (κ2) is 7.33. The number of nitrogens with one attached hydrogen (secondary N) is 1. The molecule has 1 aromatic heterocycles. The van der Waals surface area contributed by atoms with E-state index in [2.05, 4.69) is 16.7 Å². The van der Waals surface area contributed by atoms with Crippen molar-refractivity contribution < 1.29 is 4.74 Å². The van der Waals surface area contributed by atoms with Crippen molar-refractivity contribution >= 4 is 29.1 Å². The molecular formula is C13H20ClN3O2S. The maximum Gasteiger partial charge on any atom is 0.287 e. The summed E-state index contributed by atoms with van der Waals surface area (Å²) in [7, 11) is 1.59. The Kier molecular flexibility index (Phi) is 5.74. The van der Waals surface area contributed by atoms with E-state index >= 15 is 0 Å². The molecule has 2 unspecified atom stereocenters. The minimum atomic E-state index is -0.270. The van der Waals surface area contributed by atoms with Crippen molar-refractivity contribution in [3.63, 3.8) is 0 Å². The van der Waals surface area contributed by atoms with Crippen LogP contribution in [0.15, 0.2) is 11.0 Å². The van der Waals surface area contributed by atoms with Gasteiger partial charge in [0.25, 0.3) is 5.56 Å². The molecule has 112 valence electrons. The van der Waals surface area contributed by atoms with Crippen LogP contribution in [0, 0.1) is 0 Å². The molecule has 0 radical (unpaired) electrons. The molecule has 0 aromatic carbocycles. The van der Waals surface area contributed by atoms with Crippen molar-refractivity contribution in [1.29, 1.82) is 0 Å². The molecule has 1 saturated carbocycles. The first-order chi connectivity index (χ1) is 9.65. The molecule has 1 aromatic rings. The summed E-state index contributed by atoms with van der Waals surface area (Å²) in [6.45, 7) is 0.849. The Hall–Kier alpha value is -0.720. The van der Waals surface area contributed by atoms with Gasteiger partial charge in [-0.3, -0.25) is 4.79 Å². The molecule has 0 saturated heterocycles. The number of anilines is 1. The zero-order valence-electron chi connectivity index (χ0n) is 11.8. The Morgan fingerprint density at radius 3 is 3.05 bits per heavy atom. The van der Waals surface area contributed by atoms with Crippen LogP contribution in [0.3, 0.4) is 0 Å². The average molecular weight is 318 g/mol. The highest BCUT2D eigenvalue weighted by Gasteiger charge is 2.24. The summed E-state index contributed by atoms with van der Waals surface area (Å²) in [5, 5.41) is 8.38. The second-order valence-electron chi connectivity index (χ2n) is 4.91. The second-order valence-corrected chi connectivity index (χ2v) is 6.42. The fourth-order valence-electron chi connectivity index (χ4n) is 2.41. The van der Waals surface area contributed by atoms with Gasteiger partial charge in [0.15, 0.2) is 0 Å². The van der Waals surface area contributed by atoms with Gasteiger partial charge in [-0.1, -0.05) is 11.6 Å². The Bertz CT molecular complexity index is 509. The zero-order chi connectivity index (χ0) is 14.5. The van der Waals surface area contributed by atoms with Gasteiger partial charge in [-0.25, -0.2) is 4.68 Å². The van der Waals surface area contributed by atoms with Crippen LogP contribution in [0.1, 0.15) is 19.3 Å². The van der Waals surface area contributed by atoms with Gasteiger partial charge in [0.05, 0.1) is 25.0 Å². The number of nitrogens with zero attached hydrogens (tertiary/aromatic N) is 2. The van der Waals surface area contributed by atoms with Crippen LogP contribution in [0.4, 0.5) is 5.69 Å². The van der Waals surface area contributed by atoms with Crippen molar-refractivity contribution in [3.8, 4) is 0 Å². The third-order valence-electron chi connectivity index (χ3n) is 3.57. The maximum absolute atomic E-state index is 12.1. The Labute approximate surface area is 128 Å². The Balaban J connectivity index is 2.06. The van der Waals surface area contributed by atoms with Gasteiger partial charge in [-0.2, -0.15) is 16.9 Å². The van der Waals surface area contributed by atoms with Gasteiger partial charge in [-0.05, 0) is 25.5 Å². The minimum absolute atomic E-state index is 0.212. The van der Waals surface area contributed by atoms with E-state index in [4.69, 9.17) is 16.3 Å². The van der Waals surface area contributed by atoms with E-state index in [0.29, 0.717) is 30.1 Å². The quantitative estimate of drug-likeness (QED) is 0.872. The van der Waals surface area contributed by atoms with E-state index in [0.717, 1.165) is 12.8 Å². The molecule has 0 aliphatic heterocycles. The highest BCUT2D eigenvalue weighted by atomic mass is 35.5. The number of thioether (sulfide) groups is 1. The fraction of sp³-hybridized carbons (Fsp3) is 0.692. The highest BCUT2D eigenvalue weighted by molar-refractivity contribution is 7.99. The lowest BCUT2D eigenvalue weighted by Gasteiger charge is -2.15. The number of aromatic nitrogens is 2. The lowest BCUT2D eigenvalue weighted by atomic mass is 10.2. The topological polar surface area (TPSA) is 56.1 Å². The normalized spacial score (nSPS) is 22.1. The van der Waals surface area contributed by atoms with Crippen LogP contribution >= 0.6 is 23.4 Å². The summed E-state index contributed by atoms with van der Waals surface area (Å²) in [5.74, 6) is 0. The van der Waals surface area contributed by atoms with E-state index in [9.17, 15) is 4.79 Å². The zero-order valence-corrected chi connectivity index (χ0v) is 13.3. The summed E-state index contributed by atoms with van der Waals surface area (Å²) < 4.78 is 6.27. The summed E-state index contributed by atoms with van der Waals surface area (Å²) in [5.41, 5.74) is 0.366. The summed E-state index contributed by atoms with van der Waals surface area (Å²) in [6.07, 6.45) is 7.18. The third kappa shape index (κ3) is 3.68. The number of hydrogen-bond acceptors (Lipinski definition) is 5. The van der Waals surface area contributed by atoms with Crippen LogP contribution in [0.25, 0.3) is 0 Å². The van der Waals surface area contributed by atoms with E-state index < -0.39 is 0 Å². The Morgan fingerprint density at radius 2 is 2.40 bits per heavy atom. The number of methoxy groups -OCH3 is 1. The van der Waals surface area contributed by atoms with Crippen molar-refractivity contribution in [2.45, 2.75) is 37.1 Å². The summed E-state index contributed by atoms with van der Waals surface area (Å²) in [4.78, 5) is 12.1. The highest BCUT2D eigenvalue weighted by Crippen LogP contribution is 2.31. The van der Waals surface area contributed by atoms with E-state index in [-0.39, 0.29) is 10.6 Å². The third-order valence-corrected chi connectivity index (χ3v) is 5.03. The van der Waals surface area contributed by atoms with Crippen molar-refractivity contribution in [2.75, 3.05) is 25.3 Å². The number of ether oxygens (including phenoxy) is 1. The van der Waals surface area contributed by atoms with Crippen LogP contribution in [-0.2, 0) is 11.3 Å². The SMILES string of the molecule is COCCn1ncc(NC2CCC(SC)C2)c(Cl)c1=O. The van der Waals surface area contributed by atoms with Crippen LogP contribution in [-0.4, -0.2) is 41.0 Å². The fourth-order valence-corrected chi connectivity index (χ4v) is 3.41. The molecule has 0 amide bonds. The predicted molar refractivity (Wildman–Crippen MR) is 83.9 cm³/mol. The van der Waals surface area contributed by atoms with Crippen molar-refractivity contribution in [3.05, 3.63) is 21.6 Å². The largest absolute Gasteiger partial charge is 0.383 e. The molecule has 1 aliphatic carbocycles.